The summed E-state index contributed by atoms with van der Waals surface area (Å²) in [6.45, 7) is -15.5. The molecule has 11 nitrogen and oxygen atoms in total. The number of aliphatic hydroxyl groups excluding tert-OH is 1. The Morgan fingerprint density at radius 1 is 1.29 bits per heavy atom. The molecule has 3 aromatic rings. The quantitative estimate of drug-likeness (QED) is 0.339. The van der Waals surface area contributed by atoms with Gasteiger partial charge >= 0.3 is 6.09 Å². The average Bonchev–Trinajstić information content (AvgIpc) is 3.74. The highest BCUT2D eigenvalue weighted by Gasteiger charge is 2.44. The van der Waals surface area contributed by atoms with Crippen molar-refractivity contribution in [2.24, 2.45) is 11.8 Å². The number of carbonyl (C=O) groups excluding carboxylic acids is 1. The van der Waals surface area contributed by atoms with Crippen LogP contribution in [0.3, 0.4) is 0 Å². The van der Waals surface area contributed by atoms with Crippen molar-refractivity contribution in [1.82, 2.24) is 14.8 Å². The molecule has 5 atom stereocenters. The van der Waals surface area contributed by atoms with Gasteiger partial charge in [0.05, 0.1) is 45.9 Å². The number of amides is 1. The third-order valence-corrected chi connectivity index (χ3v) is 8.53. The van der Waals surface area contributed by atoms with Crippen molar-refractivity contribution in [1.29, 1.82) is 0 Å². The van der Waals surface area contributed by atoms with Crippen LogP contribution in [0.25, 0.3) is 11.0 Å². The van der Waals surface area contributed by atoms with Crippen LogP contribution in [0, 0.1) is 18.7 Å². The zero-order valence-corrected chi connectivity index (χ0v) is 22.4. The van der Waals surface area contributed by atoms with Gasteiger partial charge in [0.2, 0.25) is 10.0 Å². The number of aryl methyl sites for hydroxylation is 1. The monoisotopic (exact) mass is 600 g/mol. The summed E-state index contributed by atoms with van der Waals surface area (Å²) in [5.41, 5.74) is -0.265. The van der Waals surface area contributed by atoms with Crippen LogP contribution in [0.4, 0.5) is 4.79 Å². The first-order chi connectivity index (χ1) is 24.7. The molecule has 0 aliphatic carbocycles. The van der Waals surface area contributed by atoms with E-state index in [1.165, 1.54) is 0 Å². The lowest BCUT2D eigenvalue weighted by Gasteiger charge is -2.31. The summed E-state index contributed by atoms with van der Waals surface area (Å²) in [4.78, 5) is 12.7. The number of aromatic nitrogens is 1. The highest BCUT2D eigenvalue weighted by Crippen LogP contribution is 2.33. The van der Waals surface area contributed by atoms with Gasteiger partial charge < -0.3 is 29.2 Å². The molecular formula is C29H37N3O8S. The molecule has 0 bridgehead atoms. The lowest BCUT2D eigenvalue weighted by atomic mass is 10.0. The smallest absolute Gasteiger partial charge is 0.407 e. The number of fused-ring (bicyclic) bond motifs is 2. The van der Waals surface area contributed by atoms with Crippen LogP contribution < -0.4 is 5.32 Å². The van der Waals surface area contributed by atoms with Crippen molar-refractivity contribution < 1.29 is 54.9 Å². The number of rotatable bonds is 11. The van der Waals surface area contributed by atoms with Gasteiger partial charge in [-0.25, -0.2) is 13.2 Å². The Labute approximate surface area is 258 Å². The van der Waals surface area contributed by atoms with Crippen LogP contribution in [0.2, 0.25) is 0 Å². The van der Waals surface area contributed by atoms with E-state index in [-0.39, 0.29) is 34.7 Å². The highest BCUT2D eigenvalue weighted by atomic mass is 32.2. The predicted octanol–water partition coefficient (Wildman–Crippen LogP) is 3.24. The Kier molecular flexibility index (Phi) is 5.22. The van der Waals surface area contributed by atoms with Gasteiger partial charge in [0, 0.05) is 32.2 Å². The Balaban J connectivity index is 1.54. The molecule has 2 fully saturated rings. The first-order valence-corrected chi connectivity index (χ1v) is 14.1. The Morgan fingerprint density at radius 3 is 2.90 bits per heavy atom. The predicted molar refractivity (Wildman–Crippen MR) is 149 cm³/mol. The molecule has 41 heavy (non-hydrogen) atoms. The largest absolute Gasteiger partial charge is 0.443 e. The van der Waals surface area contributed by atoms with Crippen LogP contribution in [0.15, 0.2) is 57.9 Å². The van der Waals surface area contributed by atoms with Crippen molar-refractivity contribution in [2.75, 3.05) is 26.3 Å². The number of aliphatic hydroxyl groups is 1. The Morgan fingerprint density at radius 2 is 2.12 bits per heavy atom. The summed E-state index contributed by atoms with van der Waals surface area (Å²) in [5.74, 6) is -4.51. The number of carbonyl (C=O) groups is 1. The van der Waals surface area contributed by atoms with Crippen molar-refractivity contribution in [3.63, 3.8) is 0 Å². The topological polar surface area (TPSA) is 140 Å². The second kappa shape index (κ2) is 12.5. The van der Waals surface area contributed by atoms with Gasteiger partial charge in [-0.1, -0.05) is 49.2 Å². The summed E-state index contributed by atoms with van der Waals surface area (Å²) < 4.78 is 154. The van der Waals surface area contributed by atoms with E-state index in [2.05, 4.69) is 10.5 Å². The Hall–Kier alpha value is -3.03. The van der Waals surface area contributed by atoms with Gasteiger partial charge in [0.1, 0.15) is 6.08 Å². The first kappa shape index (κ1) is 17.2. The van der Waals surface area contributed by atoms with E-state index in [0.717, 1.165) is 18.2 Å². The maximum Gasteiger partial charge on any atom is 0.407 e. The molecule has 5 rings (SSSR count). The van der Waals surface area contributed by atoms with Gasteiger partial charge in [-0.3, -0.25) is 0 Å². The van der Waals surface area contributed by atoms with E-state index >= 15 is 0 Å². The number of nitrogens with one attached hydrogen (secondary N) is 1. The van der Waals surface area contributed by atoms with Crippen LogP contribution in [-0.4, -0.2) is 79.9 Å². The van der Waals surface area contributed by atoms with Crippen LogP contribution in [0.5, 0.6) is 0 Å². The average molecular weight is 601 g/mol. The minimum atomic E-state index is -5.12. The molecule has 2 aromatic carbocycles. The number of hydrogen-bond donors (Lipinski definition) is 2. The zero-order valence-electron chi connectivity index (χ0n) is 34.6. The van der Waals surface area contributed by atoms with E-state index in [1.54, 1.807) is 30.3 Å². The third-order valence-electron chi connectivity index (χ3n) is 6.73. The van der Waals surface area contributed by atoms with E-state index in [0.29, 0.717) is 5.56 Å². The summed E-state index contributed by atoms with van der Waals surface area (Å²) in [6, 6.07) is 9.42. The zero-order chi connectivity index (χ0) is 40.3. The number of alkyl carbamates (subject to hydrolysis) is 1. The maximum atomic E-state index is 14.3. The standard InChI is InChI=1S/C29H37N3O8S/c1-18(2)15-32(41(35,36)21-9-10-26-23(14-21)19(3)31-40-26)16-25(33)24(13-20-7-5-4-6-8-20)30-29(34)39-27-17-38-28-22(27)11-12-37-28/h4-10,14,18,22,24-25,27-28,33H,11-13,15-17H2,1-3H3,(H,30,34)/t22-,24-,25+,27-,28+/m0/s1/i1D3,2D3,3D3,17D2,18D,27D. The number of hydrogen-bond acceptors (Lipinski definition) is 9. The van der Waals surface area contributed by atoms with Crippen molar-refractivity contribution >= 4 is 27.1 Å². The minimum Gasteiger partial charge on any atom is -0.443 e. The van der Waals surface area contributed by atoms with Gasteiger partial charge in [0.15, 0.2) is 11.9 Å². The minimum absolute atomic E-state index is 0.0994. The lowest BCUT2D eigenvalue weighted by Crippen LogP contribution is -2.51. The molecule has 0 spiro atoms. The van der Waals surface area contributed by atoms with Gasteiger partial charge in [-0.15, -0.1) is 0 Å². The van der Waals surface area contributed by atoms with Crippen molar-refractivity contribution in [3.8, 4) is 0 Å². The number of sulfonamides is 1. The fraction of sp³-hybridized carbons (Fsp3) is 0.517. The molecule has 0 unspecified atom stereocenters. The lowest BCUT2D eigenvalue weighted by molar-refractivity contribution is -0.0907. The normalized spacial score (nSPS) is 31.1. The van der Waals surface area contributed by atoms with Crippen molar-refractivity contribution in [2.45, 2.75) is 62.8 Å². The molecule has 0 radical (unpaired) electrons. The molecule has 222 valence electrons. The fourth-order valence-electron chi connectivity index (χ4n) is 4.64. The highest BCUT2D eigenvalue weighted by molar-refractivity contribution is 7.89. The maximum absolute atomic E-state index is 14.3. The van der Waals surface area contributed by atoms with Gasteiger partial charge in [-0.2, -0.15) is 4.31 Å². The number of benzene rings is 2. The fourth-order valence-corrected chi connectivity index (χ4v) is 6.09. The summed E-state index contributed by atoms with van der Waals surface area (Å²) in [7, 11) is -5.12. The molecule has 2 aliphatic rings. The van der Waals surface area contributed by atoms with Crippen LogP contribution >= 0.6 is 0 Å². The van der Waals surface area contributed by atoms with Crippen LogP contribution in [0.1, 0.15) is 49.2 Å². The molecular weight excluding hydrogens is 550 g/mol. The SMILES string of the molecule is [2H]C([2H])([2H])c1noc2ccc(S(=O)(=O)N(C[C@@H](O)[C@H](Cc3ccccc3)NC(=O)O[C@]3([2H])[C@@H]4CCO[C@@H]4OC3([2H])[2H])CC([2H])(C([2H])([2H])[2H])C([2H])([2H])[2H])cc12. The first-order valence-electron chi connectivity index (χ1n) is 19.1. The van der Waals surface area contributed by atoms with E-state index in [1.807, 2.05) is 0 Å². The Bertz CT molecular complexity index is 1930. The molecule has 2 saturated heterocycles. The molecule has 2 N–H and O–H groups in total. The van der Waals surface area contributed by atoms with E-state index in [4.69, 9.17) is 36.6 Å². The van der Waals surface area contributed by atoms with E-state index in [9.17, 15) is 18.3 Å². The second-order valence-corrected chi connectivity index (χ2v) is 11.5. The molecule has 1 aromatic heterocycles. The van der Waals surface area contributed by atoms with Gasteiger partial charge in [0.25, 0.3) is 0 Å². The van der Waals surface area contributed by atoms with E-state index < -0.39 is 103 Å². The summed E-state index contributed by atoms with van der Waals surface area (Å²) in [5, 5.41) is 17.3. The molecule has 2 aliphatic heterocycles. The van der Waals surface area contributed by atoms with Crippen LogP contribution in [-0.2, 0) is 30.7 Å². The summed E-state index contributed by atoms with van der Waals surface area (Å²) >= 11 is 0. The van der Waals surface area contributed by atoms with Crippen molar-refractivity contribution in [3.05, 3.63) is 59.8 Å². The van der Waals surface area contributed by atoms with Gasteiger partial charge in [-0.05, 0) is 49.4 Å². The molecule has 0 saturated carbocycles. The number of nitrogens with zero attached hydrogens (tertiary/aromatic N) is 2. The molecule has 12 heteroatoms. The molecule has 1 amide bonds. The molecule has 3 heterocycles. The third kappa shape index (κ3) is 6.73. The second-order valence-electron chi connectivity index (χ2n) is 9.58. The summed E-state index contributed by atoms with van der Waals surface area (Å²) in [6.07, 6.45) is -7.39. The number of ether oxygens (including phenoxy) is 3.